The quantitative estimate of drug-likeness (QED) is 0.721. The van der Waals surface area contributed by atoms with Crippen molar-refractivity contribution in [3.63, 3.8) is 0 Å². The Kier molecular flexibility index (Phi) is 5.70. The van der Waals surface area contributed by atoms with Gasteiger partial charge in [0.15, 0.2) is 6.04 Å². The summed E-state index contributed by atoms with van der Waals surface area (Å²) < 4.78 is 41.1. The topological polar surface area (TPSA) is 93.5 Å². The minimum Gasteiger partial charge on any atom is -0.479 e. The second kappa shape index (κ2) is 7.07. The molecule has 1 aromatic rings. The zero-order valence-corrected chi connectivity index (χ0v) is 11.1. The normalized spacial score (nSPS) is 13.0. The third kappa shape index (κ3) is 6.25. The number of aromatic nitrogens is 2. The molecule has 7 nitrogen and oxygen atoms in total. The van der Waals surface area contributed by atoms with Crippen LogP contribution in [0.25, 0.3) is 0 Å². The van der Waals surface area contributed by atoms with Gasteiger partial charge in [0.25, 0.3) is 0 Å². The van der Waals surface area contributed by atoms with Crippen LogP contribution in [0.2, 0.25) is 0 Å². The van der Waals surface area contributed by atoms with Gasteiger partial charge in [-0.05, 0) is 0 Å². The highest BCUT2D eigenvalue weighted by molar-refractivity contribution is 5.84. The molecule has 0 bridgehead atoms. The third-order valence-electron chi connectivity index (χ3n) is 2.35. The predicted octanol–water partition coefficient (Wildman–Crippen LogP) is 0.631. The average Bonchev–Trinajstić information content (AvgIpc) is 2.76. The van der Waals surface area contributed by atoms with Gasteiger partial charge in [-0.1, -0.05) is 0 Å². The van der Waals surface area contributed by atoms with Crippen LogP contribution in [0.1, 0.15) is 18.0 Å². The van der Waals surface area contributed by atoms with Crippen LogP contribution in [0, 0.1) is 0 Å². The van der Waals surface area contributed by atoms with Gasteiger partial charge < -0.3 is 15.2 Å². The number of amides is 1. The predicted molar refractivity (Wildman–Crippen MR) is 63.2 cm³/mol. The van der Waals surface area contributed by atoms with Crippen LogP contribution < -0.4 is 5.32 Å². The number of rotatable bonds is 7. The number of aliphatic carboxylic acids is 1. The van der Waals surface area contributed by atoms with Crippen LogP contribution in [0.15, 0.2) is 12.4 Å². The molecule has 1 aromatic heterocycles. The van der Waals surface area contributed by atoms with Gasteiger partial charge in [0.05, 0.1) is 12.8 Å². The smallest absolute Gasteiger partial charge is 0.411 e. The number of nitrogens with one attached hydrogen (secondary N) is 1. The van der Waals surface area contributed by atoms with Crippen LogP contribution in [0.4, 0.5) is 13.2 Å². The van der Waals surface area contributed by atoms with Crippen LogP contribution in [-0.4, -0.2) is 46.2 Å². The fourth-order valence-corrected chi connectivity index (χ4v) is 1.46. The van der Waals surface area contributed by atoms with E-state index in [0.29, 0.717) is 0 Å². The number of ether oxygens (including phenoxy) is 1. The molecule has 2 N–H and O–H groups in total. The van der Waals surface area contributed by atoms with Gasteiger partial charge >= 0.3 is 12.1 Å². The lowest BCUT2D eigenvalue weighted by atomic mass is 10.1. The molecule has 1 amide bonds. The summed E-state index contributed by atoms with van der Waals surface area (Å²) in [6.07, 6.45) is -2.14. The first-order valence-electron chi connectivity index (χ1n) is 5.84. The van der Waals surface area contributed by atoms with Crippen molar-refractivity contribution in [1.29, 1.82) is 0 Å². The maximum Gasteiger partial charge on any atom is 0.411 e. The monoisotopic (exact) mass is 309 g/mol. The largest absolute Gasteiger partial charge is 0.479 e. The number of carboxylic acids is 1. The summed E-state index contributed by atoms with van der Waals surface area (Å²) in [6.45, 7) is -1.91. The molecule has 0 aliphatic heterocycles. The summed E-state index contributed by atoms with van der Waals surface area (Å²) in [5.41, 5.74) is 0.259. The van der Waals surface area contributed by atoms with Gasteiger partial charge in [-0.25, -0.2) is 4.79 Å². The second-order valence-corrected chi connectivity index (χ2v) is 4.20. The number of carboxylic acid groups (broad SMARTS) is 1. The van der Waals surface area contributed by atoms with Gasteiger partial charge in [0.2, 0.25) is 5.91 Å². The van der Waals surface area contributed by atoms with E-state index in [9.17, 15) is 22.8 Å². The highest BCUT2D eigenvalue weighted by atomic mass is 19.4. The molecule has 0 saturated carbocycles. The fraction of sp³-hybridized carbons (Fsp3) is 0.545. The summed E-state index contributed by atoms with van der Waals surface area (Å²) >= 11 is 0. The summed E-state index contributed by atoms with van der Waals surface area (Å²) in [4.78, 5) is 22.6. The maximum absolute atomic E-state index is 11.8. The van der Waals surface area contributed by atoms with E-state index in [4.69, 9.17) is 5.11 Å². The van der Waals surface area contributed by atoms with Gasteiger partial charge in [-0.2, -0.15) is 18.3 Å². The number of nitrogens with zero attached hydrogens (tertiary/aromatic N) is 2. The Hall–Kier alpha value is -2.10. The van der Waals surface area contributed by atoms with Gasteiger partial charge in [-0.3, -0.25) is 9.48 Å². The minimum absolute atomic E-state index is 0.259. The molecule has 0 aliphatic rings. The second-order valence-electron chi connectivity index (χ2n) is 4.20. The Bertz CT molecular complexity index is 501. The molecule has 0 saturated heterocycles. The van der Waals surface area contributed by atoms with E-state index >= 15 is 0 Å². The molecular weight excluding hydrogens is 295 g/mol. The van der Waals surface area contributed by atoms with Crippen LogP contribution >= 0.6 is 0 Å². The molecule has 1 unspecified atom stereocenters. The SMILES string of the molecule is Cn1cc(C(NC(=O)CCOCC(F)(F)F)C(=O)O)cn1. The first-order chi connectivity index (χ1) is 9.69. The molecule has 118 valence electrons. The van der Waals surface area contributed by atoms with Crippen molar-refractivity contribution in [1.82, 2.24) is 15.1 Å². The van der Waals surface area contributed by atoms with Crippen LogP contribution in [0.3, 0.4) is 0 Å². The number of halogens is 3. The molecule has 1 atom stereocenters. The van der Waals surface area contributed by atoms with E-state index in [1.807, 2.05) is 0 Å². The molecule has 21 heavy (non-hydrogen) atoms. The first kappa shape index (κ1) is 17.0. The van der Waals surface area contributed by atoms with E-state index in [2.05, 4.69) is 15.2 Å². The summed E-state index contributed by atoms with van der Waals surface area (Å²) in [7, 11) is 1.58. The van der Waals surface area contributed by atoms with Crippen LogP contribution in [-0.2, 0) is 21.4 Å². The number of carbonyl (C=O) groups is 2. The lowest BCUT2D eigenvalue weighted by molar-refractivity contribution is -0.174. The Morgan fingerprint density at radius 1 is 1.52 bits per heavy atom. The molecule has 0 aliphatic carbocycles. The molecule has 1 heterocycles. The van der Waals surface area contributed by atoms with Gasteiger partial charge in [0.1, 0.15) is 6.61 Å². The molecule has 0 fully saturated rings. The molecule has 1 rings (SSSR count). The number of carbonyl (C=O) groups excluding carboxylic acids is 1. The molecular formula is C11H14F3N3O4. The van der Waals surface area contributed by atoms with E-state index < -0.39 is 37.3 Å². The van der Waals surface area contributed by atoms with E-state index in [0.717, 1.165) is 0 Å². The number of aryl methyl sites for hydroxylation is 1. The Labute approximate surface area is 117 Å². The standard InChI is InChI=1S/C11H14F3N3O4/c1-17-5-7(4-15-17)9(10(19)20)16-8(18)2-3-21-6-11(12,13)14/h4-5,9H,2-3,6H2,1H3,(H,16,18)(H,19,20). The van der Waals surface area contributed by atoms with E-state index in [-0.39, 0.29) is 12.0 Å². The van der Waals surface area contributed by atoms with Crippen molar-refractivity contribution in [2.24, 2.45) is 7.05 Å². The van der Waals surface area contributed by atoms with Crippen molar-refractivity contribution < 1.29 is 32.6 Å². The highest BCUT2D eigenvalue weighted by Gasteiger charge is 2.27. The average molecular weight is 309 g/mol. The number of hydrogen-bond donors (Lipinski definition) is 2. The summed E-state index contributed by atoms with van der Waals surface area (Å²) in [6, 6.07) is -1.31. The highest BCUT2D eigenvalue weighted by Crippen LogP contribution is 2.15. The van der Waals surface area contributed by atoms with Crippen LogP contribution in [0.5, 0.6) is 0 Å². The molecule has 0 aromatic carbocycles. The molecule has 0 radical (unpaired) electrons. The Balaban J connectivity index is 2.45. The lowest BCUT2D eigenvalue weighted by Crippen LogP contribution is -2.34. The van der Waals surface area contributed by atoms with Crippen molar-refractivity contribution in [2.75, 3.05) is 13.2 Å². The number of alkyl halides is 3. The van der Waals surface area contributed by atoms with Crippen molar-refractivity contribution >= 4 is 11.9 Å². The maximum atomic E-state index is 11.8. The van der Waals surface area contributed by atoms with Crippen molar-refractivity contribution in [2.45, 2.75) is 18.6 Å². The first-order valence-corrected chi connectivity index (χ1v) is 5.84. The van der Waals surface area contributed by atoms with Crippen molar-refractivity contribution in [3.05, 3.63) is 18.0 Å². The summed E-state index contributed by atoms with van der Waals surface area (Å²) in [5, 5.41) is 15.0. The van der Waals surface area contributed by atoms with E-state index in [1.165, 1.54) is 17.1 Å². The zero-order valence-electron chi connectivity index (χ0n) is 11.1. The van der Waals surface area contributed by atoms with Gasteiger partial charge in [0, 0.05) is 25.2 Å². The van der Waals surface area contributed by atoms with Crippen molar-refractivity contribution in [3.8, 4) is 0 Å². The minimum atomic E-state index is -4.46. The lowest BCUT2D eigenvalue weighted by Gasteiger charge is -2.13. The summed E-state index contributed by atoms with van der Waals surface area (Å²) in [5.74, 6) is -2.03. The van der Waals surface area contributed by atoms with E-state index in [1.54, 1.807) is 7.05 Å². The Morgan fingerprint density at radius 2 is 2.19 bits per heavy atom. The Morgan fingerprint density at radius 3 is 2.67 bits per heavy atom. The zero-order chi connectivity index (χ0) is 16.0. The molecule has 10 heteroatoms. The number of hydrogen-bond acceptors (Lipinski definition) is 4. The molecule has 0 spiro atoms. The van der Waals surface area contributed by atoms with Gasteiger partial charge in [-0.15, -0.1) is 0 Å². The third-order valence-corrected chi connectivity index (χ3v) is 2.35. The fourth-order valence-electron chi connectivity index (χ4n) is 1.46.